The maximum absolute atomic E-state index is 12.5. The maximum atomic E-state index is 12.5. The number of halogens is 3. The molecule has 0 radical (unpaired) electrons. The molecule has 3 N–H and O–H groups in total. The maximum Gasteiger partial charge on any atom is 0.416 e. The third kappa shape index (κ3) is 4.75. The Labute approximate surface area is 147 Å². The van der Waals surface area contributed by atoms with Gasteiger partial charge in [0.25, 0.3) is 11.8 Å². The second-order valence-electron chi connectivity index (χ2n) is 5.56. The molecule has 0 saturated heterocycles. The summed E-state index contributed by atoms with van der Waals surface area (Å²) in [5.41, 5.74) is -0.0627. The first-order valence-corrected chi connectivity index (χ1v) is 7.72. The van der Waals surface area contributed by atoms with Crippen molar-refractivity contribution in [1.29, 1.82) is 0 Å². The summed E-state index contributed by atoms with van der Waals surface area (Å²) in [6, 6.07) is 8.60. The van der Waals surface area contributed by atoms with E-state index in [-0.39, 0.29) is 30.0 Å². The van der Waals surface area contributed by atoms with Crippen LogP contribution in [0.4, 0.5) is 13.2 Å². The molecule has 2 aromatic carbocycles. The number of phenolic OH excluding ortho intramolecular Hbond substituents is 1. The van der Waals surface area contributed by atoms with Gasteiger partial charge in [-0.05, 0) is 42.8 Å². The van der Waals surface area contributed by atoms with E-state index in [2.05, 4.69) is 10.6 Å². The van der Waals surface area contributed by atoms with Gasteiger partial charge in [-0.3, -0.25) is 9.59 Å². The molecule has 0 saturated carbocycles. The summed E-state index contributed by atoms with van der Waals surface area (Å²) >= 11 is 0. The van der Waals surface area contributed by atoms with Crippen LogP contribution in [0.25, 0.3) is 0 Å². The van der Waals surface area contributed by atoms with Crippen molar-refractivity contribution < 1.29 is 27.9 Å². The number of benzene rings is 2. The minimum atomic E-state index is -4.46. The van der Waals surface area contributed by atoms with Gasteiger partial charge in [0.1, 0.15) is 5.75 Å². The topological polar surface area (TPSA) is 78.4 Å². The van der Waals surface area contributed by atoms with E-state index in [4.69, 9.17) is 0 Å². The highest BCUT2D eigenvalue weighted by atomic mass is 19.4. The van der Waals surface area contributed by atoms with Crippen LogP contribution in [0.3, 0.4) is 0 Å². The lowest BCUT2D eigenvalue weighted by Crippen LogP contribution is -2.34. The first-order chi connectivity index (χ1) is 12.2. The first kappa shape index (κ1) is 19.3. The summed E-state index contributed by atoms with van der Waals surface area (Å²) in [4.78, 5) is 23.8. The lowest BCUT2D eigenvalue weighted by atomic mass is 10.1. The molecule has 0 spiro atoms. The van der Waals surface area contributed by atoms with Crippen molar-refractivity contribution in [2.24, 2.45) is 0 Å². The smallest absolute Gasteiger partial charge is 0.416 e. The van der Waals surface area contributed by atoms with E-state index >= 15 is 0 Å². The molecule has 26 heavy (non-hydrogen) atoms. The second-order valence-corrected chi connectivity index (χ2v) is 5.56. The quantitative estimate of drug-likeness (QED) is 0.712. The molecule has 0 aliphatic carbocycles. The molecule has 0 unspecified atom stereocenters. The Hall–Kier alpha value is -3.03. The molecular formula is C18H17F3N2O3. The SMILES string of the molecule is Cc1cccc(C(=O)NCCNC(=O)c2ccc(C(F)(F)F)cc2)c1O. The zero-order valence-electron chi connectivity index (χ0n) is 13.9. The fourth-order valence-electron chi connectivity index (χ4n) is 2.20. The van der Waals surface area contributed by atoms with Gasteiger partial charge in [0.2, 0.25) is 0 Å². The molecular weight excluding hydrogens is 349 g/mol. The minimum absolute atomic E-state index is 0.0815. The van der Waals surface area contributed by atoms with Crippen LogP contribution in [0.2, 0.25) is 0 Å². The Morgan fingerprint density at radius 3 is 2.12 bits per heavy atom. The fraction of sp³-hybridized carbons (Fsp3) is 0.222. The van der Waals surface area contributed by atoms with E-state index in [9.17, 15) is 27.9 Å². The minimum Gasteiger partial charge on any atom is -0.507 e. The third-order valence-electron chi connectivity index (χ3n) is 3.65. The Bertz CT molecular complexity index is 802. The number of carbonyl (C=O) groups is 2. The molecule has 138 valence electrons. The fourth-order valence-corrected chi connectivity index (χ4v) is 2.20. The summed E-state index contributed by atoms with van der Waals surface area (Å²) < 4.78 is 37.4. The van der Waals surface area contributed by atoms with Crippen molar-refractivity contribution >= 4 is 11.8 Å². The molecule has 0 aliphatic rings. The first-order valence-electron chi connectivity index (χ1n) is 7.72. The molecule has 5 nitrogen and oxygen atoms in total. The van der Waals surface area contributed by atoms with Gasteiger partial charge < -0.3 is 15.7 Å². The van der Waals surface area contributed by atoms with Gasteiger partial charge in [-0.15, -0.1) is 0 Å². The van der Waals surface area contributed by atoms with E-state index in [0.29, 0.717) is 5.56 Å². The van der Waals surface area contributed by atoms with Crippen molar-refractivity contribution in [3.8, 4) is 5.75 Å². The van der Waals surface area contributed by atoms with Gasteiger partial charge in [0.15, 0.2) is 0 Å². The summed E-state index contributed by atoms with van der Waals surface area (Å²) in [5, 5.41) is 14.9. The van der Waals surface area contributed by atoms with Crippen LogP contribution in [0, 0.1) is 6.92 Å². The van der Waals surface area contributed by atoms with Crippen LogP contribution in [0.1, 0.15) is 31.8 Å². The number of rotatable bonds is 5. The van der Waals surface area contributed by atoms with Crippen LogP contribution in [0.15, 0.2) is 42.5 Å². The Morgan fingerprint density at radius 1 is 0.962 bits per heavy atom. The molecule has 2 rings (SSSR count). The monoisotopic (exact) mass is 366 g/mol. The Morgan fingerprint density at radius 2 is 1.54 bits per heavy atom. The van der Waals surface area contributed by atoms with Crippen molar-refractivity contribution in [2.45, 2.75) is 13.1 Å². The summed E-state index contributed by atoms with van der Waals surface area (Å²) in [5.74, 6) is -1.15. The Balaban J connectivity index is 1.83. The van der Waals surface area contributed by atoms with Gasteiger partial charge in [-0.2, -0.15) is 13.2 Å². The molecule has 0 aliphatic heterocycles. The van der Waals surface area contributed by atoms with Gasteiger partial charge >= 0.3 is 6.18 Å². The molecule has 0 heterocycles. The Kier molecular flexibility index (Phi) is 5.86. The number of amides is 2. The van der Waals surface area contributed by atoms with Crippen molar-refractivity contribution in [2.75, 3.05) is 13.1 Å². The highest BCUT2D eigenvalue weighted by molar-refractivity contribution is 5.97. The molecule has 2 aromatic rings. The van der Waals surface area contributed by atoms with Crippen molar-refractivity contribution in [1.82, 2.24) is 10.6 Å². The normalized spacial score (nSPS) is 11.1. The van der Waals surface area contributed by atoms with E-state index in [1.165, 1.54) is 6.07 Å². The van der Waals surface area contributed by atoms with E-state index in [0.717, 1.165) is 24.3 Å². The van der Waals surface area contributed by atoms with Crippen LogP contribution in [-0.2, 0) is 6.18 Å². The number of nitrogens with one attached hydrogen (secondary N) is 2. The summed E-state index contributed by atoms with van der Waals surface area (Å²) in [6.45, 7) is 1.84. The average molecular weight is 366 g/mol. The van der Waals surface area contributed by atoms with Gasteiger partial charge in [0.05, 0.1) is 11.1 Å². The average Bonchev–Trinajstić information content (AvgIpc) is 2.60. The predicted molar refractivity (Wildman–Crippen MR) is 89.0 cm³/mol. The van der Waals surface area contributed by atoms with E-state index in [1.54, 1.807) is 19.1 Å². The lowest BCUT2D eigenvalue weighted by Gasteiger charge is -2.10. The number of hydrogen-bond donors (Lipinski definition) is 3. The second kappa shape index (κ2) is 7.90. The molecule has 0 atom stereocenters. The van der Waals surface area contributed by atoms with Crippen LogP contribution >= 0.6 is 0 Å². The number of alkyl halides is 3. The number of hydrogen-bond acceptors (Lipinski definition) is 3. The third-order valence-corrected chi connectivity index (χ3v) is 3.65. The molecule has 2 amide bonds. The van der Waals surface area contributed by atoms with E-state index in [1.807, 2.05) is 0 Å². The lowest BCUT2D eigenvalue weighted by molar-refractivity contribution is -0.137. The highest BCUT2D eigenvalue weighted by Gasteiger charge is 2.30. The zero-order chi connectivity index (χ0) is 19.3. The number of para-hydroxylation sites is 1. The van der Waals surface area contributed by atoms with Crippen molar-refractivity contribution in [3.63, 3.8) is 0 Å². The van der Waals surface area contributed by atoms with Gasteiger partial charge in [0, 0.05) is 18.7 Å². The molecule has 0 bridgehead atoms. The number of aromatic hydroxyl groups is 1. The van der Waals surface area contributed by atoms with Crippen LogP contribution in [-0.4, -0.2) is 30.0 Å². The molecule has 0 aromatic heterocycles. The van der Waals surface area contributed by atoms with Crippen LogP contribution < -0.4 is 10.6 Å². The largest absolute Gasteiger partial charge is 0.507 e. The van der Waals surface area contributed by atoms with Gasteiger partial charge in [-0.1, -0.05) is 12.1 Å². The number of phenols is 1. The number of carbonyl (C=O) groups excluding carboxylic acids is 2. The highest BCUT2D eigenvalue weighted by Crippen LogP contribution is 2.29. The standard InChI is InChI=1S/C18H17F3N2O3/c1-11-3-2-4-14(15(11)24)17(26)23-10-9-22-16(25)12-5-7-13(8-6-12)18(19,20)21/h2-8,24H,9-10H2,1H3,(H,22,25)(H,23,26). The number of aryl methyl sites for hydroxylation is 1. The van der Waals surface area contributed by atoms with Crippen LogP contribution in [0.5, 0.6) is 5.75 Å². The summed E-state index contributed by atoms with van der Waals surface area (Å²) in [6.07, 6.45) is -4.46. The molecule has 8 heteroatoms. The van der Waals surface area contributed by atoms with Gasteiger partial charge in [-0.25, -0.2) is 0 Å². The predicted octanol–water partition coefficient (Wildman–Crippen LogP) is 2.88. The zero-order valence-corrected chi connectivity index (χ0v) is 13.9. The summed E-state index contributed by atoms with van der Waals surface area (Å²) in [7, 11) is 0. The van der Waals surface area contributed by atoms with Crippen molar-refractivity contribution in [3.05, 3.63) is 64.7 Å². The van der Waals surface area contributed by atoms with E-state index < -0.39 is 23.6 Å². The molecule has 0 fully saturated rings.